The van der Waals surface area contributed by atoms with Crippen molar-refractivity contribution in [2.24, 2.45) is 0 Å². The molecular formula is C19H23N5O2. The molecule has 7 heteroatoms. The smallest absolute Gasteiger partial charge is 0.213 e. The van der Waals surface area contributed by atoms with Crippen LogP contribution >= 0.6 is 0 Å². The Labute approximate surface area is 152 Å². The third kappa shape index (κ3) is 3.16. The van der Waals surface area contributed by atoms with Gasteiger partial charge in [0.15, 0.2) is 0 Å². The van der Waals surface area contributed by atoms with Gasteiger partial charge in [0, 0.05) is 32.0 Å². The molecule has 3 aromatic rings. The van der Waals surface area contributed by atoms with Crippen LogP contribution in [-0.4, -0.2) is 46.5 Å². The summed E-state index contributed by atoms with van der Waals surface area (Å²) in [4.78, 5) is 11.4. The number of hydrogen-bond acceptors (Lipinski definition) is 6. The quantitative estimate of drug-likeness (QED) is 0.777. The van der Waals surface area contributed by atoms with Crippen molar-refractivity contribution in [2.75, 3.05) is 25.1 Å². The zero-order valence-electron chi connectivity index (χ0n) is 15.3. The summed E-state index contributed by atoms with van der Waals surface area (Å²) in [6.07, 6.45) is 3.82. The number of aryl methyl sites for hydroxylation is 2. The minimum absolute atomic E-state index is 0.196. The summed E-state index contributed by atoms with van der Waals surface area (Å²) in [7, 11) is 1.61. The SMILES string of the molecule is COc1ccc(OC2CCN(c3nc4c(C)[nH]nc4cc3C)CC2)cn1. The van der Waals surface area contributed by atoms with Gasteiger partial charge in [-0.3, -0.25) is 5.10 Å². The van der Waals surface area contributed by atoms with Crippen LogP contribution in [0.3, 0.4) is 0 Å². The van der Waals surface area contributed by atoms with Crippen LogP contribution in [-0.2, 0) is 0 Å². The van der Waals surface area contributed by atoms with E-state index in [1.165, 1.54) is 0 Å². The number of rotatable bonds is 4. The molecule has 4 heterocycles. The zero-order chi connectivity index (χ0) is 18.1. The van der Waals surface area contributed by atoms with E-state index in [0.717, 1.165) is 59.8 Å². The van der Waals surface area contributed by atoms with Gasteiger partial charge in [-0.1, -0.05) is 0 Å². The summed E-state index contributed by atoms with van der Waals surface area (Å²) >= 11 is 0. The predicted molar refractivity (Wildman–Crippen MR) is 100 cm³/mol. The van der Waals surface area contributed by atoms with E-state index in [-0.39, 0.29) is 6.10 Å². The molecule has 3 aromatic heterocycles. The number of methoxy groups -OCH3 is 1. The number of H-pyrrole nitrogens is 1. The molecule has 0 amide bonds. The molecule has 26 heavy (non-hydrogen) atoms. The number of fused-ring (bicyclic) bond motifs is 1. The highest BCUT2D eigenvalue weighted by Gasteiger charge is 2.23. The summed E-state index contributed by atoms with van der Waals surface area (Å²) < 4.78 is 11.1. The Hall–Kier alpha value is -2.83. The molecule has 1 aliphatic heterocycles. The van der Waals surface area contributed by atoms with Gasteiger partial charge in [0.05, 0.1) is 19.0 Å². The molecule has 1 N–H and O–H groups in total. The van der Waals surface area contributed by atoms with Crippen molar-refractivity contribution < 1.29 is 9.47 Å². The summed E-state index contributed by atoms with van der Waals surface area (Å²) in [6.45, 7) is 5.94. The molecule has 0 atom stereocenters. The number of nitrogens with zero attached hydrogens (tertiary/aromatic N) is 4. The lowest BCUT2D eigenvalue weighted by atomic mass is 10.1. The molecule has 0 unspecified atom stereocenters. The van der Waals surface area contributed by atoms with Gasteiger partial charge < -0.3 is 14.4 Å². The Kier molecular flexibility index (Phi) is 4.36. The molecule has 0 aliphatic carbocycles. The van der Waals surface area contributed by atoms with Crippen LogP contribution < -0.4 is 14.4 Å². The average Bonchev–Trinajstić information content (AvgIpc) is 3.02. The largest absolute Gasteiger partial charge is 0.489 e. The lowest BCUT2D eigenvalue weighted by Crippen LogP contribution is -2.39. The van der Waals surface area contributed by atoms with Gasteiger partial charge in [0.25, 0.3) is 0 Å². The zero-order valence-corrected chi connectivity index (χ0v) is 15.3. The maximum absolute atomic E-state index is 6.07. The van der Waals surface area contributed by atoms with E-state index >= 15 is 0 Å². The van der Waals surface area contributed by atoms with E-state index < -0.39 is 0 Å². The second-order valence-corrected chi connectivity index (χ2v) is 6.69. The van der Waals surface area contributed by atoms with Gasteiger partial charge in [-0.25, -0.2) is 9.97 Å². The van der Waals surface area contributed by atoms with Crippen LogP contribution in [0.4, 0.5) is 5.82 Å². The van der Waals surface area contributed by atoms with Crippen LogP contribution in [0.25, 0.3) is 11.0 Å². The third-order valence-corrected chi connectivity index (χ3v) is 4.83. The Bertz CT molecular complexity index is 898. The summed E-state index contributed by atoms with van der Waals surface area (Å²) in [5.74, 6) is 2.43. The highest BCUT2D eigenvalue weighted by molar-refractivity contribution is 5.80. The fraction of sp³-hybridized carbons (Fsp3) is 0.421. The van der Waals surface area contributed by atoms with Crippen molar-refractivity contribution in [3.63, 3.8) is 0 Å². The summed E-state index contributed by atoms with van der Waals surface area (Å²) in [5, 5.41) is 7.31. The highest BCUT2D eigenvalue weighted by Crippen LogP contribution is 2.27. The van der Waals surface area contributed by atoms with E-state index in [1.807, 2.05) is 19.1 Å². The average molecular weight is 353 g/mol. The molecule has 136 valence electrons. The molecule has 0 spiro atoms. The van der Waals surface area contributed by atoms with E-state index in [1.54, 1.807) is 13.3 Å². The second-order valence-electron chi connectivity index (χ2n) is 6.69. The number of hydrogen-bond donors (Lipinski definition) is 1. The molecule has 0 bridgehead atoms. The van der Waals surface area contributed by atoms with Gasteiger partial charge in [-0.05, 0) is 31.5 Å². The Balaban J connectivity index is 1.43. The number of aromatic amines is 1. The first-order chi connectivity index (χ1) is 12.6. The van der Waals surface area contributed by atoms with Gasteiger partial charge in [0.2, 0.25) is 5.88 Å². The number of piperidine rings is 1. The monoisotopic (exact) mass is 353 g/mol. The number of aromatic nitrogens is 4. The van der Waals surface area contributed by atoms with Crippen LogP contribution in [0.1, 0.15) is 24.1 Å². The first-order valence-electron chi connectivity index (χ1n) is 8.88. The van der Waals surface area contributed by atoms with Crippen LogP contribution in [0.5, 0.6) is 11.6 Å². The van der Waals surface area contributed by atoms with Crippen molar-refractivity contribution in [1.82, 2.24) is 20.2 Å². The van der Waals surface area contributed by atoms with Crippen LogP contribution in [0.15, 0.2) is 24.4 Å². The Morgan fingerprint density at radius 3 is 2.69 bits per heavy atom. The molecule has 1 aliphatic rings. The first-order valence-corrected chi connectivity index (χ1v) is 8.88. The fourth-order valence-corrected chi connectivity index (χ4v) is 3.40. The number of pyridine rings is 2. The molecular weight excluding hydrogens is 330 g/mol. The molecule has 0 aromatic carbocycles. The normalized spacial score (nSPS) is 15.4. The maximum Gasteiger partial charge on any atom is 0.213 e. The van der Waals surface area contributed by atoms with Crippen LogP contribution in [0.2, 0.25) is 0 Å². The van der Waals surface area contributed by atoms with Crippen molar-refractivity contribution in [1.29, 1.82) is 0 Å². The molecule has 7 nitrogen and oxygen atoms in total. The lowest BCUT2D eigenvalue weighted by molar-refractivity contribution is 0.170. The lowest BCUT2D eigenvalue weighted by Gasteiger charge is -2.33. The first kappa shape index (κ1) is 16.6. The molecule has 0 saturated carbocycles. The molecule has 1 fully saturated rings. The van der Waals surface area contributed by atoms with E-state index in [4.69, 9.17) is 14.5 Å². The topological polar surface area (TPSA) is 76.2 Å². The summed E-state index contributed by atoms with van der Waals surface area (Å²) in [6, 6.07) is 5.83. The van der Waals surface area contributed by atoms with E-state index in [9.17, 15) is 0 Å². The molecule has 1 saturated heterocycles. The third-order valence-electron chi connectivity index (χ3n) is 4.83. The van der Waals surface area contributed by atoms with Gasteiger partial charge >= 0.3 is 0 Å². The van der Waals surface area contributed by atoms with Gasteiger partial charge in [-0.2, -0.15) is 5.10 Å². The Morgan fingerprint density at radius 2 is 2.00 bits per heavy atom. The summed E-state index contributed by atoms with van der Waals surface area (Å²) in [5.41, 5.74) is 4.04. The van der Waals surface area contributed by atoms with Crippen molar-refractivity contribution >= 4 is 16.9 Å². The highest BCUT2D eigenvalue weighted by atomic mass is 16.5. The minimum Gasteiger partial charge on any atom is -0.489 e. The number of anilines is 1. The van der Waals surface area contributed by atoms with Crippen LogP contribution in [0, 0.1) is 13.8 Å². The van der Waals surface area contributed by atoms with E-state index in [2.05, 4.69) is 33.1 Å². The van der Waals surface area contributed by atoms with Crippen molar-refractivity contribution in [3.8, 4) is 11.6 Å². The maximum atomic E-state index is 6.07. The number of ether oxygens (including phenoxy) is 2. The molecule has 4 rings (SSSR count). The van der Waals surface area contributed by atoms with E-state index in [0.29, 0.717) is 5.88 Å². The Morgan fingerprint density at radius 1 is 1.19 bits per heavy atom. The minimum atomic E-state index is 0.196. The van der Waals surface area contributed by atoms with Crippen molar-refractivity contribution in [2.45, 2.75) is 32.8 Å². The fourth-order valence-electron chi connectivity index (χ4n) is 3.40. The second kappa shape index (κ2) is 6.82. The van der Waals surface area contributed by atoms with Crippen molar-refractivity contribution in [3.05, 3.63) is 35.7 Å². The van der Waals surface area contributed by atoms with Gasteiger partial charge in [0.1, 0.15) is 28.7 Å². The standard InChI is InChI=1S/C19H23N5O2/c1-12-10-16-18(13(2)22-23-16)21-19(12)24-8-6-14(7-9-24)26-15-4-5-17(25-3)20-11-15/h4-5,10-11,14H,6-9H2,1-3H3,(H,22,23). The number of nitrogens with one attached hydrogen (secondary N) is 1. The predicted octanol–water partition coefficient (Wildman–Crippen LogP) is 3.03. The molecule has 0 radical (unpaired) electrons. The van der Waals surface area contributed by atoms with Gasteiger partial charge in [-0.15, -0.1) is 0 Å².